The molecule has 0 aliphatic heterocycles. The number of nitrogens with zero attached hydrogens (tertiary/aromatic N) is 4. The van der Waals surface area contributed by atoms with Crippen molar-refractivity contribution < 1.29 is 14.5 Å². The van der Waals surface area contributed by atoms with Gasteiger partial charge < -0.3 is 10.1 Å². The number of anilines is 1. The molecule has 0 saturated heterocycles. The summed E-state index contributed by atoms with van der Waals surface area (Å²) < 4.78 is 7.07. The Bertz CT molecular complexity index is 1220. The van der Waals surface area contributed by atoms with Gasteiger partial charge in [0.05, 0.1) is 34.3 Å². The second-order valence-electron chi connectivity index (χ2n) is 6.34. The molecule has 0 atom stereocenters. The lowest BCUT2D eigenvalue weighted by Gasteiger charge is -2.06. The van der Waals surface area contributed by atoms with Gasteiger partial charge in [0, 0.05) is 29.4 Å². The third-order valence-electron chi connectivity index (χ3n) is 4.20. The van der Waals surface area contributed by atoms with Gasteiger partial charge in [0.15, 0.2) is 0 Å². The fourth-order valence-corrected chi connectivity index (χ4v) is 2.78. The van der Waals surface area contributed by atoms with E-state index < -0.39 is 4.92 Å². The molecule has 2 aromatic heterocycles. The molecule has 0 aliphatic rings. The van der Waals surface area contributed by atoms with Gasteiger partial charge >= 0.3 is 0 Å². The molecule has 1 N–H and O–H groups in total. The predicted octanol–water partition coefficient (Wildman–Crippen LogP) is 4.87. The van der Waals surface area contributed by atoms with Crippen molar-refractivity contribution in [3.8, 4) is 17.3 Å². The zero-order valence-electron chi connectivity index (χ0n) is 15.8. The molecule has 1 amide bonds. The molecule has 0 unspecified atom stereocenters. The van der Waals surface area contributed by atoms with Crippen LogP contribution in [0.25, 0.3) is 5.69 Å². The van der Waals surface area contributed by atoms with Crippen LogP contribution in [0.15, 0.2) is 79.3 Å². The van der Waals surface area contributed by atoms with Crippen molar-refractivity contribution in [2.24, 2.45) is 0 Å². The summed E-state index contributed by atoms with van der Waals surface area (Å²) in [6.45, 7) is 0. The van der Waals surface area contributed by atoms with Crippen LogP contribution < -0.4 is 10.1 Å². The highest BCUT2D eigenvalue weighted by molar-refractivity contribution is 6.30. The van der Waals surface area contributed by atoms with Crippen LogP contribution in [-0.2, 0) is 0 Å². The number of carbonyl (C=O) groups excluding carboxylic acids is 1. The first kappa shape index (κ1) is 20.0. The van der Waals surface area contributed by atoms with E-state index in [2.05, 4.69) is 15.4 Å². The molecular weight excluding hydrogens is 422 g/mol. The predicted molar refractivity (Wildman–Crippen MR) is 114 cm³/mol. The molecule has 0 bridgehead atoms. The van der Waals surface area contributed by atoms with Crippen molar-refractivity contribution in [3.05, 3.63) is 100.0 Å². The van der Waals surface area contributed by atoms with Gasteiger partial charge in [-0.05, 0) is 42.5 Å². The van der Waals surface area contributed by atoms with Gasteiger partial charge in [0.25, 0.3) is 11.6 Å². The summed E-state index contributed by atoms with van der Waals surface area (Å²) >= 11 is 5.85. The number of halogens is 1. The van der Waals surface area contributed by atoms with Gasteiger partial charge in [-0.25, -0.2) is 9.67 Å². The summed E-state index contributed by atoms with van der Waals surface area (Å²) in [4.78, 5) is 26.9. The fourth-order valence-electron chi connectivity index (χ4n) is 2.65. The number of non-ortho nitro benzene ring substituents is 1. The van der Waals surface area contributed by atoms with E-state index in [9.17, 15) is 14.9 Å². The van der Waals surface area contributed by atoms with Crippen LogP contribution in [0, 0.1) is 10.1 Å². The molecule has 0 spiro atoms. The van der Waals surface area contributed by atoms with E-state index in [-0.39, 0.29) is 11.6 Å². The average Bonchev–Trinajstić information content (AvgIpc) is 3.27. The number of nitrogens with one attached hydrogen (secondary N) is 1. The number of ether oxygens (including phenoxy) is 1. The van der Waals surface area contributed by atoms with Crippen molar-refractivity contribution in [3.63, 3.8) is 0 Å². The van der Waals surface area contributed by atoms with Crippen molar-refractivity contribution >= 4 is 28.9 Å². The van der Waals surface area contributed by atoms with Crippen molar-refractivity contribution in [1.29, 1.82) is 0 Å². The fraction of sp³-hybridized carbons (Fsp3) is 0. The van der Waals surface area contributed by atoms with Gasteiger partial charge in [-0.15, -0.1) is 0 Å². The highest BCUT2D eigenvalue weighted by Gasteiger charge is 2.11. The Morgan fingerprint density at radius 2 is 1.77 bits per heavy atom. The van der Waals surface area contributed by atoms with E-state index in [0.29, 0.717) is 33.6 Å². The number of benzene rings is 2. The quantitative estimate of drug-likeness (QED) is 0.341. The highest BCUT2D eigenvalue weighted by atomic mass is 35.5. The van der Waals surface area contributed by atoms with E-state index in [1.807, 2.05) is 0 Å². The Labute approximate surface area is 181 Å². The van der Waals surface area contributed by atoms with Crippen LogP contribution in [0.2, 0.25) is 5.02 Å². The molecule has 154 valence electrons. The maximum absolute atomic E-state index is 12.5. The molecule has 31 heavy (non-hydrogen) atoms. The summed E-state index contributed by atoms with van der Waals surface area (Å²) in [7, 11) is 0. The lowest BCUT2D eigenvalue weighted by atomic mass is 10.3. The van der Waals surface area contributed by atoms with Gasteiger partial charge in [0.1, 0.15) is 5.75 Å². The largest absolute Gasteiger partial charge is 0.439 e. The average molecular weight is 436 g/mol. The van der Waals surface area contributed by atoms with Crippen LogP contribution in [0.3, 0.4) is 0 Å². The number of aromatic nitrogens is 3. The van der Waals surface area contributed by atoms with E-state index in [0.717, 1.165) is 0 Å². The van der Waals surface area contributed by atoms with Gasteiger partial charge in [0.2, 0.25) is 5.88 Å². The van der Waals surface area contributed by atoms with Crippen LogP contribution in [0.4, 0.5) is 11.4 Å². The summed E-state index contributed by atoms with van der Waals surface area (Å²) in [5.41, 5.74) is 1.37. The first-order valence-electron chi connectivity index (χ1n) is 8.98. The van der Waals surface area contributed by atoms with Crippen LogP contribution in [0.1, 0.15) is 10.4 Å². The molecule has 0 radical (unpaired) electrons. The Morgan fingerprint density at radius 3 is 2.42 bits per heavy atom. The minimum Gasteiger partial charge on any atom is -0.439 e. The number of carbonyl (C=O) groups is 1. The first-order chi connectivity index (χ1) is 15.0. The molecule has 9 nitrogen and oxygen atoms in total. The SMILES string of the molecule is O=C(Nc1ccc(Oc2ccc(Cl)cc2)nc1)c1cnn(-c2ccc([N+](=O)[O-])cc2)c1. The summed E-state index contributed by atoms with van der Waals surface area (Å²) in [5.74, 6) is 0.583. The first-order valence-corrected chi connectivity index (χ1v) is 9.36. The summed E-state index contributed by atoms with van der Waals surface area (Å²) in [6.07, 6.45) is 4.41. The standard InChI is InChI=1S/C21H14ClN5O4/c22-15-1-8-19(9-2-15)31-20-10-3-16(12-23-20)25-21(28)14-11-24-26(13-14)17-4-6-18(7-5-17)27(29)30/h1-13H,(H,25,28). The van der Waals surface area contributed by atoms with Gasteiger partial charge in [-0.1, -0.05) is 11.6 Å². The van der Waals surface area contributed by atoms with Gasteiger partial charge in [-0.3, -0.25) is 14.9 Å². The van der Waals surface area contributed by atoms with E-state index in [1.165, 1.54) is 35.4 Å². The number of pyridine rings is 1. The van der Waals surface area contributed by atoms with E-state index >= 15 is 0 Å². The summed E-state index contributed by atoms with van der Waals surface area (Å²) in [6, 6.07) is 16.0. The molecule has 0 aliphatic carbocycles. The minimum absolute atomic E-state index is 0.0233. The second kappa shape index (κ2) is 8.64. The molecular formula is C21H14ClN5O4. The molecule has 4 aromatic rings. The lowest BCUT2D eigenvalue weighted by Crippen LogP contribution is -2.11. The number of hydrogen-bond acceptors (Lipinski definition) is 6. The third kappa shape index (κ3) is 4.85. The molecule has 2 heterocycles. The molecule has 0 fully saturated rings. The third-order valence-corrected chi connectivity index (χ3v) is 4.45. The van der Waals surface area contributed by atoms with E-state index in [1.54, 1.807) is 48.5 Å². The summed E-state index contributed by atoms with van der Waals surface area (Å²) in [5, 5.41) is 18.2. The van der Waals surface area contributed by atoms with Crippen molar-refractivity contribution in [2.45, 2.75) is 0 Å². The number of rotatable bonds is 6. The number of nitro benzene ring substituents is 1. The van der Waals surface area contributed by atoms with Crippen molar-refractivity contribution in [2.75, 3.05) is 5.32 Å². The topological polar surface area (TPSA) is 112 Å². The van der Waals surface area contributed by atoms with Gasteiger partial charge in [-0.2, -0.15) is 5.10 Å². The lowest BCUT2D eigenvalue weighted by molar-refractivity contribution is -0.384. The van der Waals surface area contributed by atoms with Crippen LogP contribution in [-0.4, -0.2) is 25.6 Å². The maximum atomic E-state index is 12.5. The highest BCUT2D eigenvalue weighted by Crippen LogP contribution is 2.22. The number of hydrogen-bond donors (Lipinski definition) is 1. The Hall–Kier alpha value is -4.24. The van der Waals surface area contributed by atoms with Crippen LogP contribution >= 0.6 is 11.6 Å². The molecule has 4 rings (SSSR count). The Morgan fingerprint density at radius 1 is 1.03 bits per heavy atom. The number of amides is 1. The number of nitro groups is 1. The van der Waals surface area contributed by atoms with Crippen molar-refractivity contribution in [1.82, 2.24) is 14.8 Å². The maximum Gasteiger partial charge on any atom is 0.269 e. The Kier molecular flexibility index (Phi) is 5.59. The second-order valence-corrected chi connectivity index (χ2v) is 6.78. The molecule has 2 aromatic carbocycles. The zero-order chi connectivity index (χ0) is 21.8. The molecule has 10 heteroatoms. The molecule has 0 saturated carbocycles. The minimum atomic E-state index is -0.481. The normalized spacial score (nSPS) is 10.5. The zero-order valence-corrected chi connectivity index (χ0v) is 16.6. The Balaban J connectivity index is 1.40. The monoisotopic (exact) mass is 435 g/mol. The van der Waals surface area contributed by atoms with Crippen LogP contribution in [0.5, 0.6) is 11.6 Å². The smallest absolute Gasteiger partial charge is 0.269 e. The van der Waals surface area contributed by atoms with E-state index in [4.69, 9.17) is 16.3 Å².